The van der Waals surface area contributed by atoms with Crippen molar-refractivity contribution in [3.8, 4) is 11.5 Å². The molecular formula is C14H8N4O2S. The number of hydrogen-bond acceptors (Lipinski definition) is 5. The lowest BCUT2D eigenvalue weighted by Gasteiger charge is -2.02. The summed E-state index contributed by atoms with van der Waals surface area (Å²) >= 11 is 1.60. The van der Waals surface area contributed by atoms with E-state index in [4.69, 9.17) is 0 Å². The summed E-state index contributed by atoms with van der Waals surface area (Å²) in [6.45, 7) is 0. The summed E-state index contributed by atoms with van der Waals surface area (Å²) in [7, 11) is 0. The SMILES string of the molecule is O=c1ccc2nc(-c3cc4ccsc4cn3)[nH]c(=O)c2[nH]1. The van der Waals surface area contributed by atoms with Crippen molar-refractivity contribution in [3.63, 3.8) is 0 Å². The van der Waals surface area contributed by atoms with Crippen LogP contribution in [0.5, 0.6) is 0 Å². The Balaban J connectivity index is 1.99. The first-order chi connectivity index (χ1) is 10.2. The maximum atomic E-state index is 12.0. The van der Waals surface area contributed by atoms with Crippen LogP contribution in [0.15, 0.2) is 45.4 Å². The van der Waals surface area contributed by atoms with E-state index in [0.717, 1.165) is 10.1 Å². The van der Waals surface area contributed by atoms with E-state index in [1.807, 2.05) is 17.5 Å². The van der Waals surface area contributed by atoms with Crippen molar-refractivity contribution < 1.29 is 0 Å². The van der Waals surface area contributed by atoms with Gasteiger partial charge in [-0.05, 0) is 29.0 Å². The molecule has 2 N–H and O–H groups in total. The smallest absolute Gasteiger partial charge is 0.275 e. The minimum absolute atomic E-state index is 0.169. The predicted molar refractivity (Wildman–Crippen MR) is 81.6 cm³/mol. The molecule has 0 amide bonds. The highest BCUT2D eigenvalue weighted by atomic mass is 32.1. The minimum atomic E-state index is -0.389. The summed E-state index contributed by atoms with van der Waals surface area (Å²) < 4.78 is 1.08. The van der Waals surface area contributed by atoms with Gasteiger partial charge in [-0.2, -0.15) is 0 Å². The number of H-pyrrole nitrogens is 2. The van der Waals surface area contributed by atoms with Crippen molar-refractivity contribution >= 4 is 32.5 Å². The highest BCUT2D eigenvalue weighted by Gasteiger charge is 2.08. The summed E-state index contributed by atoms with van der Waals surface area (Å²) in [6.07, 6.45) is 1.76. The molecule has 6 nitrogen and oxygen atoms in total. The molecule has 7 heteroatoms. The Labute approximate surface area is 121 Å². The molecule has 0 aliphatic carbocycles. The van der Waals surface area contributed by atoms with Crippen LogP contribution in [0.3, 0.4) is 0 Å². The lowest BCUT2D eigenvalue weighted by Crippen LogP contribution is -2.15. The third-order valence-electron chi connectivity index (χ3n) is 3.17. The van der Waals surface area contributed by atoms with Crippen LogP contribution < -0.4 is 11.1 Å². The molecule has 0 aliphatic heterocycles. The van der Waals surface area contributed by atoms with E-state index < -0.39 is 0 Å². The second-order valence-electron chi connectivity index (χ2n) is 4.53. The highest BCUT2D eigenvalue weighted by Crippen LogP contribution is 2.23. The zero-order valence-corrected chi connectivity index (χ0v) is 11.4. The maximum Gasteiger partial charge on any atom is 0.275 e. The lowest BCUT2D eigenvalue weighted by molar-refractivity contribution is 1.12. The van der Waals surface area contributed by atoms with Gasteiger partial charge in [0.05, 0.1) is 10.2 Å². The number of hydrogen-bond donors (Lipinski definition) is 2. The number of rotatable bonds is 1. The molecule has 4 aromatic rings. The van der Waals surface area contributed by atoms with Crippen molar-refractivity contribution in [3.05, 3.63) is 56.5 Å². The minimum Gasteiger partial charge on any atom is -0.316 e. The standard InChI is InChI=1S/C14H8N4O2S/c19-11-2-1-8-12(17-11)14(20)18-13(16-8)9-5-7-3-4-21-10(7)6-15-9/h1-6H,(H,17,19)(H,16,18,20). The Kier molecular flexibility index (Phi) is 2.48. The van der Waals surface area contributed by atoms with Crippen LogP contribution in [0, 0.1) is 0 Å². The van der Waals surface area contributed by atoms with Crippen LogP contribution in [0.4, 0.5) is 0 Å². The highest BCUT2D eigenvalue weighted by molar-refractivity contribution is 7.17. The van der Waals surface area contributed by atoms with Crippen molar-refractivity contribution in [1.82, 2.24) is 19.9 Å². The fraction of sp³-hybridized carbons (Fsp3) is 0. The molecule has 4 aromatic heterocycles. The second-order valence-corrected chi connectivity index (χ2v) is 5.47. The van der Waals surface area contributed by atoms with Crippen molar-refractivity contribution in [2.75, 3.05) is 0 Å². The summed E-state index contributed by atoms with van der Waals surface area (Å²) in [4.78, 5) is 37.1. The van der Waals surface area contributed by atoms with Crippen LogP contribution in [-0.4, -0.2) is 19.9 Å². The summed E-state index contributed by atoms with van der Waals surface area (Å²) in [5, 5.41) is 3.03. The molecule has 0 bridgehead atoms. The molecule has 0 unspecified atom stereocenters. The molecule has 4 heterocycles. The molecule has 0 saturated carbocycles. The van der Waals surface area contributed by atoms with E-state index in [9.17, 15) is 9.59 Å². The number of thiophene rings is 1. The van der Waals surface area contributed by atoms with Crippen LogP contribution in [0.1, 0.15) is 0 Å². The molecular weight excluding hydrogens is 288 g/mol. The third kappa shape index (κ3) is 1.95. The first-order valence-corrected chi connectivity index (χ1v) is 7.06. The summed E-state index contributed by atoms with van der Waals surface area (Å²) in [6, 6.07) is 6.73. The molecule has 4 rings (SSSR count). The Hall–Kier alpha value is -2.80. The summed E-state index contributed by atoms with van der Waals surface area (Å²) in [5.41, 5.74) is 0.467. The van der Waals surface area contributed by atoms with Gasteiger partial charge < -0.3 is 9.97 Å². The Bertz CT molecular complexity index is 1090. The molecule has 0 atom stereocenters. The van der Waals surface area contributed by atoms with Crippen molar-refractivity contribution in [2.45, 2.75) is 0 Å². The van der Waals surface area contributed by atoms with Gasteiger partial charge in [-0.25, -0.2) is 4.98 Å². The number of nitrogens with zero attached hydrogens (tertiary/aromatic N) is 2. The van der Waals surface area contributed by atoms with Gasteiger partial charge >= 0.3 is 0 Å². The van der Waals surface area contributed by atoms with E-state index in [2.05, 4.69) is 19.9 Å². The van der Waals surface area contributed by atoms with Crippen LogP contribution in [0.2, 0.25) is 0 Å². The van der Waals surface area contributed by atoms with Gasteiger partial charge in [0.25, 0.3) is 5.56 Å². The average Bonchev–Trinajstić information content (AvgIpc) is 2.95. The van der Waals surface area contributed by atoms with Gasteiger partial charge in [0.2, 0.25) is 5.56 Å². The number of pyridine rings is 2. The van der Waals surface area contributed by atoms with Crippen molar-refractivity contribution in [2.24, 2.45) is 0 Å². The Morgan fingerprint density at radius 1 is 1.10 bits per heavy atom. The number of aromatic nitrogens is 4. The predicted octanol–water partition coefficient (Wildman–Crippen LogP) is 1.89. The number of nitrogens with one attached hydrogen (secondary N) is 2. The number of aromatic amines is 2. The van der Waals surface area contributed by atoms with E-state index in [1.165, 1.54) is 12.1 Å². The molecule has 102 valence electrons. The molecule has 0 aliphatic rings. The Morgan fingerprint density at radius 2 is 2.00 bits per heavy atom. The molecule has 0 radical (unpaired) electrons. The van der Waals surface area contributed by atoms with E-state index in [-0.39, 0.29) is 16.6 Å². The van der Waals surface area contributed by atoms with Gasteiger partial charge in [0.1, 0.15) is 11.2 Å². The zero-order chi connectivity index (χ0) is 14.4. The molecule has 0 spiro atoms. The molecule has 21 heavy (non-hydrogen) atoms. The monoisotopic (exact) mass is 296 g/mol. The number of fused-ring (bicyclic) bond motifs is 2. The second kappa shape index (κ2) is 4.35. The van der Waals surface area contributed by atoms with E-state index in [1.54, 1.807) is 17.5 Å². The van der Waals surface area contributed by atoms with E-state index in [0.29, 0.717) is 17.0 Å². The average molecular weight is 296 g/mol. The van der Waals surface area contributed by atoms with Gasteiger partial charge in [-0.1, -0.05) is 0 Å². The molecule has 0 fully saturated rings. The van der Waals surface area contributed by atoms with Crippen LogP contribution >= 0.6 is 11.3 Å². The van der Waals surface area contributed by atoms with Gasteiger partial charge in [-0.3, -0.25) is 14.6 Å². The fourth-order valence-corrected chi connectivity index (χ4v) is 2.91. The first-order valence-electron chi connectivity index (χ1n) is 6.18. The van der Waals surface area contributed by atoms with Gasteiger partial charge in [0, 0.05) is 12.3 Å². The van der Waals surface area contributed by atoms with Gasteiger partial charge in [-0.15, -0.1) is 11.3 Å². The first kappa shape index (κ1) is 12.0. The lowest BCUT2D eigenvalue weighted by atomic mass is 10.2. The normalized spacial score (nSPS) is 11.2. The quantitative estimate of drug-likeness (QED) is 0.561. The molecule has 0 aromatic carbocycles. The Morgan fingerprint density at radius 3 is 2.90 bits per heavy atom. The summed E-state index contributed by atoms with van der Waals surface area (Å²) in [5.74, 6) is 0.382. The molecule has 0 saturated heterocycles. The topological polar surface area (TPSA) is 91.5 Å². The fourth-order valence-electron chi connectivity index (χ4n) is 2.17. The maximum absolute atomic E-state index is 12.0. The van der Waals surface area contributed by atoms with E-state index >= 15 is 0 Å². The zero-order valence-electron chi connectivity index (χ0n) is 10.6. The third-order valence-corrected chi connectivity index (χ3v) is 4.04. The van der Waals surface area contributed by atoms with Gasteiger partial charge in [0.15, 0.2) is 5.82 Å². The largest absolute Gasteiger partial charge is 0.316 e. The van der Waals surface area contributed by atoms with Crippen LogP contribution in [-0.2, 0) is 0 Å². The van der Waals surface area contributed by atoms with Crippen molar-refractivity contribution in [1.29, 1.82) is 0 Å². The van der Waals surface area contributed by atoms with Crippen LogP contribution in [0.25, 0.3) is 32.6 Å².